The van der Waals surface area contributed by atoms with Crippen molar-refractivity contribution in [1.82, 2.24) is 20.4 Å². The van der Waals surface area contributed by atoms with Crippen LogP contribution in [0.25, 0.3) is 0 Å². The molecule has 0 aliphatic heterocycles. The molecular weight excluding hydrogens is 220 g/mol. The zero-order valence-electron chi connectivity index (χ0n) is 10.7. The summed E-state index contributed by atoms with van der Waals surface area (Å²) >= 11 is 0. The van der Waals surface area contributed by atoms with Crippen LogP contribution in [0, 0.1) is 13.8 Å². The largest absolute Gasteiger partial charge is 0.480 e. The third kappa shape index (κ3) is 3.54. The van der Waals surface area contributed by atoms with Gasteiger partial charge in [-0.25, -0.2) is 0 Å². The fourth-order valence-corrected chi connectivity index (χ4v) is 1.73. The van der Waals surface area contributed by atoms with Crippen molar-refractivity contribution in [3.63, 3.8) is 0 Å². The summed E-state index contributed by atoms with van der Waals surface area (Å²) in [5, 5.41) is 19.1. The van der Waals surface area contributed by atoms with Gasteiger partial charge in [-0.2, -0.15) is 5.10 Å². The lowest BCUT2D eigenvalue weighted by Crippen LogP contribution is -2.34. The summed E-state index contributed by atoms with van der Waals surface area (Å²) in [6.07, 6.45) is 0. The molecule has 0 radical (unpaired) electrons. The van der Waals surface area contributed by atoms with Crippen molar-refractivity contribution >= 4 is 5.97 Å². The number of H-pyrrole nitrogens is 1. The van der Waals surface area contributed by atoms with Gasteiger partial charge in [0.2, 0.25) is 0 Å². The monoisotopic (exact) mass is 240 g/mol. The van der Waals surface area contributed by atoms with E-state index in [1.807, 2.05) is 32.8 Å². The maximum absolute atomic E-state index is 11.3. The van der Waals surface area contributed by atoms with Crippen LogP contribution in [-0.4, -0.2) is 53.4 Å². The third-order valence-corrected chi connectivity index (χ3v) is 2.63. The highest BCUT2D eigenvalue weighted by Gasteiger charge is 2.24. The lowest BCUT2D eigenvalue weighted by molar-refractivity contribution is -0.139. The standard InChI is InChI=1S/C11H20N4O2/c1-7-9(8(2)14-13-7)10(11(16)17)12-5-6-15(3)4/h10,12H,5-6H2,1-4H3,(H,13,14)(H,16,17). The number of likely N-dealkylation sites (N-methyl/N-ethyl adjacent to an activating group) is 1. The molecule has 96 valence electrons. The van der Waals surface area contributed by atoms with E-state index in [-0.39, 0.29) is 0 Å². The molecule has 1 rings (SSSR count). The van der Waals surface area contributed by atoms with E-state index in [9.17, 15) is 9.90 Å². The van der Waals surface area contributed by atoms with Gasteiger partial charge in [0.25, 0.3) is 0 Å². The minimum atomic E-state index is -0.878. The Labute approximate surface area is 101 Å². The van der Waals surface area contributed by atoms with Gasteiger partial charge in [-0.05, 0) is 27.9 Å². The second kappa shape index (κ2) is 5.79. The van der Waals surface area contributed by atoms with Gasteiger partial charge in [0.15, 0.2) is 0 Å². The van der Waals surface area contributed by atoms with Crippen molar-refractivity contribution in [2.24, 2.45) is 0 Å². The van der Waals surface area contributed by atoms with Gasteiger partial charge in [0, 0.05) is 24.3 Å². The lowest BCUT2D eigenvalue weighted by atomic mass is 10.1. The molecule has 0 bridgehead atoms. The molecule has 0 fully saturated rings. The second-order valence-corrected chi connectivity index (χ2v) is 4.38. The van der Waals surface area contributed by atoms with Gasteiger partial charge in [0.05, 0.1) is 5.69 Å². The molecule has 0 aliphatic rings. The van der Waals surface area contributed by atoms with E-state index in [4.69, 9.17) is 0 Å². The van der Waals surface area contributed by atoms with Crippen LogP contribution in [0.1, 0.15) is 23.0 Å². The number of hydrogen-bond acceptors (Lipinski definition) is 4. The van der Waals surface area contributed by atoms with Crippen LogP contribution in [-0.2, 0) is 4.79 Å². The number of aliphatic carboxylic acids is 1. The number of hydrogen-bond donors (Lipinski definition) is 3. The first-order chi connectivity index (χ1) is 7.93. The van der Waals surface area contributed by atoms with Crippen LogP contribution in [0.4, 0.5) is 0 Å². The van der Waals surface area contributed by atoms with Gasteiger partial charge in [-0.1, -0.05) is 0 Å². The number of carboxylic acids is 1. The molecule has 0 spiro atoms. The predicted molar refractivity (Wildman–Crippen MR) is 65.0 cm³/mol. The highest BCUT2D eigenvalue weighted by molar-refractivity contribution is 5.76. The third-order valence-electron chi connectivity index (χ3n) is 2.63. The van der Waals surface area contributed by atoms with Gasteiger partial charge in [-0.15, -0.1) is 0 Å². The Morgan fingerprint density at radius 3 is 2.59 bits per heavy atom. The van der Waals surface area contributed by atoms with Gasteiger partial charge in [-0.3, -0.25) is 15.2 Å². The lowest BCUT2D eigenvalue weighted by Gasteiger charge is -2.17. The Bertz CT molecular complexity index is 367. The summed E-state index contributed by atoms with van der Waals surface area (Å²) in [4.78, 5) is 13.3. The van der Waals surface area contributed by atoms with Gasteiger partial charge < -0.3 is 10.0 Å². The average Bonchev–Trinajstić information content (AvgIpc) is 2.54. The number of nitrogens with zero attached hydrogens (tertiary/aromatic N) is 2. The molecule has 0 aromatic carbocycles. The Morgan fingerprint density at radius 1 is 1.53 bits per heavy atom. The molecule has 6 heteroatoms. The van der Waals surface area contributed by atoms with E-state index in [0.29, 0.717) is 6.54 Å². The summed E-state index contributed by atoms with van der Waals surface area (Å²) in [7, 11) is 3.90. The smallest absolute Gasteiger partial charge is 0.325 e. The number of carboxylic acid groups (broad SMARTS) is 1. The zero-order valence-corrected chi connectivity index (χ0v) is 10.7. The molecule has 1 heterocycles. The van der Waals surface area contributed by atoms with Crippen molar-refractivity contribution in [2.75, 3.05) is 27.2 Å². The summed E-state index contributed by atoms with van der Waals surface area (Å²) in [5.74, 6) is -0.878. The molecule has 1 atom stereocenters. The molecule has 1 aromatic heterocycles. The first-order valence-electron chi connectivity index (χ1n) is 5.56. The molecule has 6 nitrogen and oxygen atoms in total. The minimum absolute atomic E-state index is 0.619. The zero-order chi connectivity index (χ0) is 13.0. The molecule has 0 saturated carbocycles. The molecule has 17 heavy (non-hydrogen) atoms. The molecule has 1 aromatic rings. The minimum Gasteiger partial charge on any atom is -0.480 e. The molecule has 1 unspecified atom stereocenters. The average molecular weight is 240 g/mol. The van der Waals surface area contributed by atoms with Gasteiger partial charge >= 0.3 is 5.97 Å². The van der Waals surface area contributed by atoms with E-state index in [0.717, 1.165) is 23.5 Å². The van der Waals surface area contributed by atoms with Crippen molar-refractivity contribution < 1.29 is 9.90 Å². The summed E-state index contributed by atoms with van der Waals surface area (Å²) in [6, 6.07) is -0.700. The Kier molecular flexibility index (Phi) is 4.65. The number of aromatic amines is 1. The first kappa shape index (κ1) is 13.7. The number of rotatable bonds is 6. The van der Waals surface area contributed by atoms with E-state index in [1.165, 1.54) is 0 Å². The second-order valence-electron chi connectivity index (χ2n) is 4.38. The molecular formula is C11H20N4O2. The summed E-state index contributed by atoms with van der Waals surface area (Å²) in [6.45, 7) is 5.05. The SMILES string of the molecule is Cc1n[nH]c(C)c1C(NCCN(C)C)C(=O)O. The van der Waals surface area contributed by atoms with Crippen LogP contribution in [0.15, 0.2) is 0 Å². The molecule has 0 aliphatic carbocycles. The summed E-state index contributed by atoms with van der Waals surface area (Å²) < 4.78 is 0. The number of aryl methyl sites for hydroxylation is 2. The first-order valence-corrected chi connectivity index (χ1v) is 5.56. The Balaban J connectivity index is 2.76. The highest BCUT2D eigenvalue weighted by Crippen LogP contribution is 2.19. The Hall–Kier alpha value is -1.40. The van der Waals surface area contributed by atoms with E-state index >= 15 is 0 Å². The van der Waals surface area contributed by atoms with Crippen molar-refractivity contribution in [3.05, 3.63) is 17.0 Å². The van der Waals surface area contributed by atoms with Crippen LogP contribution >= 0.6 is 0 Å². The van der Waals surface area contributed by atoms with E-state index in [2.05, 4.69) is 15.5 Å². The number of aromatic nitrogens is 2. The Morgan fingerprint density at radius 2 is 2.18 bits per heavy atom. The van der Waals surface area contributed by atoms with E-state index in [1.54, 1.807) is 0 Å². The molecule has 3 N–H and O–H groups in total. The van der Waals surface area contributed by atoms with Crippen molar-refractivity contribution in [3.8, 4) is 0 Å². The fourth-order valence-electron chi connectivity index (χ4n) is 1.73. The number of nitrogens with one attached hydrogen (secondary N) is 2. The van der Waals surface area contributed by atoms with Crippen LogP contribution in [0.3, 0.4) is 0 Å². The quantitative estimate of drug-likeness (QED) is 0.666. The van der Waals surface area contributed by atoms with Crippen molar-refractivity contribution in [1.29, 1.82) is 0 Å². The number of carbonyl (C=O) groups is 1. The maximum atomic E-state index is 11.3. The molecule has 0 saturated heterocycles. The topological polar surface area (TPSA) is 81.2 Å². The normalized spacial score (nSPS) is 13.0. The van der Waals surface area contributed by atoms with Gasteiger partial charge in [0.1, 0.15) is 6.04 Å². The van der Waals surface area contributed by atoms with Crippen LogP contribution < -0.4 is 5.32 Å². The molecule has 0 amide bonds. The van der Waals surface area contributed by atoms with Crippen LogP contribution in [0.2, 0.25) is 0 Å². The van der Waals surface area contributed by atoms with E-state index < -0.39 is 12.0 Å². The fraction of sp³-hybridized carbons (Fsp3) is 0.636. The summed E-state index contributed by atoms with van der Waals surface area (Å²) in [5.41, 5.74) is 2.26. The highest BCUT2D eigenvalue weighted by atomic mass is 16.4. The maximum Gasteiger partial charge on any atom is 0.325 e. The van der Waals surface area contributed by atoms with Crippen molar-refractivity contribution in [2.45, 2.75) is 19.9 Å². The predicted octanol–water partition coefficient (Wildman–Crippen LogP) is 0.303. The van der Waals surface area contributed by atoms with Crippen LogP contribution in [0.5, 0.6) is 0 Å².